The second-order valence-electron chi connectivity index (χ2n) is 8.56. The molecular weight excluding hydrogens is 452 g/mol. The molecular formula is C26H19ClN4O3. The second kappa shape index (κ2) is 7.81. The van der Waals surface area contributed by atoms with Gasteiger partial charge in [-0.25, -0.2) is 4.90 Å². The summed E-state index contributed by atoms with van der Waals surface area (Å²) in [6, 6.07) is 18.6. The molecule has 4 atom stereocenters. The van der Waals surface area contributed by atoms with E-state index in [9.17, 15) is 14.4 Å². The molecule has 7 nitrogen and oxygen atoms in total. The Morgan fingerprint density at radius 3 is 2.44 bits per heavy atom. The standard InChI is InChI=1S/C26H19ClN4O3/c27-17-8-10-18(11-9-17)29-24(32)23-22-21(20-6-3-13-28-31(20)23)25(33)30(26(22)34)19-12-7-15-4-1-2-5-16(15)14-19/h1-14,20-23H,(H,29,32)/t20-,21+,22+,23-/m0/s1. The Labute approximate surface area is 200 Å². The van der Waals surface area contributed by atoms with E-state index in [0.29, 0.717) is 16.4 Å². The van der Waals surface area contributed by atoms with Crippen LogP contribution in [0.25, 0.3) is 10.8 Å². The molecule has 3 aromatic carbocycles. The summed E-state index contributed by atoms with van der Waals surface area (Å²) in [5, 5.41) is 11.3. The predicted molar refractivity (Wildman–Crippen MR) is 131 cm³/mol. The summed E-state index contributed by atoms with van der Waals surface area (Å²) in [7, 11) is 0. The summed E-state index contributed by atoms with van der Waals surface area (Å²) in [4.78, 5) is 41.9. The third kappa shape index (κ3) is 3.12. The number of nitrogens with zero attached hydrogens (tertiary/aromatic N) is 3. The molecule has 6 rings (SSSR count). The van der Waals surface area contributed by atoms with Crippen molar-refractivity contribution in [3.8, 4) is 0 Å². The number of amides is 3. The molecule has 1 N–H and O–H groups in total. The molecule has 3 heterocycles. The molecule has 3 aliphatic heterocycles. The Morgan fingerprint density at radius 1 is 0.912 bits per heavy atom. The number of anilines is 2. The van der Waals surface area contributed by atoms with Gasteiger partial charge in [-0.05, 0) is 53.2 Å². The molecule has 2 fully saturated rings. The number of carbonyl (C=O) groups excluding carboxylic acids is 3. The largest absolute Gasteiger partial charge is 0.324 e. The number of halogens is 1. The van der Waals surface area contributed by atoms with Crippen LogP contribution < -0.4 is 10.2 Å². The zero-order valence-corrected chi connectivity index (χ0v) is 18.6. The average Bonchev–Trinajstić information content (AvgIpc) is 3.33. The first-order chi connectivity index (χ1) is 16.5. The molecule has 0 saturated carbocycles. The van der Waals surface area contributed by atoms with Crippen LogP contribution in [-0.2, 0) is 14.4 Å². The SMILES string of the molecule is O=C(Nc1ccc(Cl)cc1)[C@@H]1[C@@H]2C(=O)N(c3ccc4ccccc4c3)C(=O)[C@@H]2[C@@H]2C=CC=NN12. The van der Waals surface area contributed by atoms with Crippen molar-refractivity contribution in [2.45, 2.75) is 12.1 Å². The number of allylic oxidation sites excluding steroid dienone is 1. The van der Waals surface area contributed by atoms with Crippen LogP contribution in [0.5, 0.6) is 0 Å². The number of benzene rings is 3. The predicted octanol–water partition coefficient (Wildman–Crippen LogP) is 3.85. The van der Waals surface area contributed by atoms with Crippen LogP contribution >= 0.6 is 11.6 Å². The first kappa shape index (κ1) is 20.6. The van der Waals surface area contributed by atoms with Crippen LogP contribution in [0.3, 0.4) is 0 Å². The summed E-state index contributed by atoms with van der Waals surface area (Å²) < 4.78 is 0. The van der Waals surface area contributed by atoms with Crippen molar-refractivity contribution in [2.75, 3.05) is 10.2 Å². The van der Waals surface area contributed by atoms with E-state index < -0.39 is 29.8 Å². The van der Waals surface area contributed by atoms with E-state index in [1.54, 1.807) is 47.6 Å². The van der Waals surface area contributed by atoms with Gasteiger partial charge in [0.2, 0.25) is 17.7 Å². The van der Waals surface area contributed by atoms with Gasteiger partial charge in [-0.2, -0.15) is 5.10 Å². The molecule has 2 saturated heterocycles. The minimum absolute atomic E-state index is 0.316. The van der Waals surface area contributed by atoms with Gasteiger partial charge in [-0.1, -0.05) is 48.0 Å². The maximum absolute atomic E-state index is 13.7. The fourth-order valence-corrected chi connectivity index (χ4v) is 5.28. The van der Waals surface area contributed by atoms with E-state index in [1.165, 1.54) is 4.90 Å². The van der Waals surface area contributed by atoms with Crippen molar-refractivity contribution < 1.29 is 14.4 Å². The fourth-order valence-electron chi connectivity index (χ4n) is 5.16. The molecule has 0 radical (unpaired) electrons. The molecule has 0 aliphatic carbocycles. The zero-order valence-electron chi connectivity index (χ0n) is 17.8. The van der Waals surface area contributed by atoms with Gasteiger partial charge in [-0.3, -0.25) is 19.4 Å². The van der Waals surface area contributed by atoms with Crippen molar-refractivity contribution in [3.63, 3.8) is 0 Å². The van der Waals surface area contributed by atoms with Gasteiger partial charge in [0.1, 0.15) is 6.04 Å². The zero-order chi connectivity index (χ0) is 23.4. The Hall–Kier alpha value is -3.97. The van der Waals surface area contributed by atoms with E-state index in [4.69, 9.17) is 11.6 Å². The van der Waals surface area contributed by atoms with Crippen LogP contribution in [0.2, 0.25) is 5.02 Å². The third-order valence-corrected chi connectivity index (χ3v) is 6.91. The summed E-state index contributed by atoms with van der Waals surface area (Å²) in [6.45, 7) is 0. The van der Waals surface area contributed by atoms with Crippen molar-refractivity contribution in [2.24, 2.45) is 16.9 Å². The van der Waals surface area contributed by atoms with Crippen molar-refractivity contribution in [1.82, 2.24) is 5.01 Å². The van der Waals surface area contributed by atoms with Gasteiger partial charge in [0.15, 0.2) is 0 Å². The molecule has 34 heavy (non-hydrogen) atoms. The maximum atomic E-state index is 13.7. The first-order valence-corrected chi connectivity index (χ1v) is 11.3. The number of hydrogen-bond acceptors (Lipinski definition) is 5. The van der Waals surface area contributed by atoms with E-state index in [2.05, 4.69) is 10.4 Å². The van der Waals surface area contributed by atoms with Crippen molar-refractivity contribution in [3.05, 3.63) is 83.9 Å². The molecule has 0 aromatic heterocycles. The number of imide groups is 1. The normalized spacial score (nSPS) is 25.1. The summed E-state index contributed by atoms with van der Waals surface area (Å²) in [5.41, 5.74) is 1.06. The van der Waals surface area contributed by atoms with Crippen LogP contribution in [-0.4, -0.2) is 41.0 Å². The molecule has 0 unspecified atom stereocenters. The molecule has 8 heteroatoms. The van der Waals surface area contributed by atoms with E-state index in [0.717, 1.165) is 10.8 Å². The topological polar surface area (TPSA) is 82.1 Å². The van der Waals surface area contributed by atoms with Crippen molar-refractivity contribution in [1.29, 1.82) is 0 Å². The molecule has 3 amide bonds. The quantitative estimate of drug-likeness (QED) is 0.589. The molecule has 0 bridgehead atoms. The van der Waals surface area contributed by atoms with Crippen LogP contribution in [0.1, 0.15) is 0 Å². The Balaban J connectivity index is 1.37. The molecule has 3 aromatic rings. The smallest absolute Gasteiger partial charge is 0.249 e. The highest BCUT2D eigenvalue weighted by molar-refractivity contribution is 6.30. The summed E-state index contributed by atoms with van der Waals surface area (Å²) >= 11 is 5.95. The summed E-state index contributed by atoms with van der Waals surface area (Å²) in [5.74, 6) is -2.65. The molecule has 3 aliphatic rings. The molecule has 168 valence electrons. The minimum Gasteiger partial charge on any atom is -0.324 e. The maximum Gasteiger partial charge on any atom is 0.249 e. The lowest BCUT2D eigenvalue weighted by molar-refractivity contribution is -0.129. The number of hydrogen-bond donors (Lipinski definition) is 1. The monoisotopic (exact) mass is 470 g/mol. The van der Waals surface area contributed by atoms with E-state index in [1.807, 2.05) is 42.5 Å². The molecule has 0 spiro atoms. The fraction of sp³-hybridized carbons (Fsp3) is 0.154. The Morgan fingerprint density at radius 2 is 1.65 bits per heavy atom. The van der Waals surface area contributed by atoms with Gasteiger partial charge < -0.3 is 5.32 Å². The second-order valence-corrected chi connectivity index (χ2v) is 8.99. The number of carbonyl (C=O) groups is 3. The van der Waals surface area contributed by atoms with Crippen molar-refractivity contribution >= 4 is 57.7 Å². The third-order valence-electron chi connectivity index (χ3n) is 6.66. The highest BCUT2D eigenvalue weighted by Gasteiger charge is 2.64. The Bertz CT molecular complexity index is 1400. The lowest BCUT2D eigenvalue weighted by atomic mass is 9.88. The number of fused-ring (bicyclic) bond motifs is 4. The number of hydrazone groups is 1. The van der Waals surface area contributed by atoms with Gasteiger partial charge in [0, 0.05) is 16.9 Å². The average molecular weight is 471 g/mol. The van der Waals surface area contributed by atoms with E-state index >= 15 is 0 Å². The highest BCUT2D eigenvalue weighted by atomic mass is 35.5. The van der Waals surface area contributed by atoms with Gasteiger partial charge in [0.05, 0.1) is 23.6 Å². The van der Waals surface area contributed by atoms with Crippen LogP contribution in [0, 0.1) is 11.8 Å². The minimum atomic E-state index is -0.922. The summed E-state index contributed by atoms with van der Waals surface area (Å²) in [6.07, 6.45) is 5.14. The van der Waals surface area contributed by atoms with Crippen LogP contribution in [0.4, 0.5) is 11.4 Å². The van der Waals surface area contributed by atoms with E-state index in [-0.39, 0.29) is 11.8 Å². The first-order valence-electron chi connectivity index (χ1n) is 10.9. The highest BCUT2D eigenvalue weighted by Crippen LogP contribution is 2.46. The van der Waals surface area contributed by atoms with Gasteiger partial charge >= 0.3 is 0 Å². The lowest BCUT2D eigenvalue weighted by Gasteiger charge is -2.30. The number of nitrogens with one attached hydrogen (secondary N) is 1. The number of rotatable bonds is 3. The van der Waals surface area contributed by atoms with Gasteiger partial charge in [-0.15, -0.1) is 0 Å². The lowest BCUT2D eigenvalue weighted by Crippen LogP contribution is -2.47. The Kier molecular flexibility index (Phi) is 4.74. The van der Waals surface area contributed by atoms with Crippen LogP contribution in [0.15, 0.2) is 84.0 Å². The van der Waals surface area contributed by atoms with Gasteiger partial charge in [0.25, 0.3) is 0 Å².